The lowest BCUT2D eigenvalue weighted by Gasteiger charge is -2.26. The Morgan fingerprint density at radius 2 is 1.74 bits per heavy atom. The van der Waals surface area contributed by atoms with Crippen LogP contribution >= 0.6 is 0 Å². The Kier molecular flexibility index (Phi) is 6.07. The third kappa shape index (κ3) is 3.86. The zero-order valence-electron chi connectivity index (χ0n) is 18.9. The van der Waals surface area contributed by atoms with Crippen molar-refractivity contribution in [1.82, 2.24) is 0 Å². The quantitative estimate of drug-likeness (QED) is 0.346. The van der Waals surface area contributed by atoms with Crippen molar-refractivity contribution >= 4 is 23.1 Å². The summed E-state index contributed by atoms with van der Waals surface area (Å²) in [6.07, 6.45) is 0. The predicted octanol–water partition coefficient (Wildman–Crippen LogP) is 4.51. The summed E-state index contributed by atoms with van der Waals surface area (Å²) in [4.78, 5) is 27.9. The van der Waals surface area contributed by atoms with E-state index in [1.165, 1.54) is 19.1 Å². The van der Waals surface area contributed by atoms with Gasteiger partial charge >= 0.3 is 0 Å². The van der Waals surface area contributed by atoms with Crippen molar-refractivity contribution < 1.29 is 24.2 Å². The number of aliphatic hydroxyl groups is 1. The van der Waals surface area contributed by atoms with Gasteiger partial charge in [-0.25, -0.2) is 0 Å². The topological polar surface area (TPSA) is 99.9 Å². The van der Waals surface area contributed by atoms with E-state index >= 15 is 0 Å². The van der Waals surface area contributed by atoms with Crippen LogP contribution in [0.4, 0.5) is 5.69 Å². The molecule has 0 aromatic heterocycles. The summed E-state index contributed by atoms with van der Waals surface area (Å²) in [5.41, 5.74) is 2.67. The highest BCUT2D eigenvalue weighted by Gasteiger charge is 2.47. The van der Waals surface area contributed by atoms with Crippen molar-refractivity contribution in [2.45, 2.75) is 13.0 Å². The Labute approximate surface area is 197 Å². The van der Waals surface area contributed by atoms with Crippen LogP contribution < -0.4 is 14.4 Å². The van der Waals surface area contributed by atoms with Gasteiger partial charge in [0, 0.05) is 11.8 Å². The summed E-state index contributed by atoms with van der Waals surface area (Å²) in [5, 5.41) is 20.5. The molecule has 34 heavy (non-hydrogen) atoms. The fraction of sp³-hybridized carbons (Fsp3) is 0.148. The molecular weight excluding hydrogens is 432 g/mol. The summed E-state index contributed by atoms with van der Waals surface area (Å²) >= 11 is 0. The highest BCUT2D eigenvalue weighted by molar-refractivity contribution is 6.51. The number of methoxy groups -OCH3 is 2. The average Bonchev–Trinajstić information content (AvgIpc) is 3.13. The second-order valence-electron chi connectivity index (χ2n) is 7.81. The second-order valence-corrected chi connectivity index (χ2v) is 7.81. The number of aryl methyl sites for hydroxylation is 1. The summed E-state index contributed by atoms with van der Waals surface area (Å²) < 4.78 is 10.6. The van der Waals surface area contributed by atoms with Gasteiger partial charge in [0.15, 0.2) is 0 Å². The molecule has 170 valence electrons. The first kappa shape index (κ1) is 22.6. The lowest BCUT2D eigenvalue weighted by atomic mass is 9.94. The number of amides is 1. The van der Waals surface area contributed by atoms with Crippen LogP contribution in [0.25, 0.3) is 5.76 Å². The predicted molar refractivity (Wildman–Crippen MR) is 127 cm³/mol. The molecule has 1 fully saturated rings. The van der Waals surface area contributed by atoms with Gasteiger partial charge in [-0.1, -0.05) is 29.8 Å². The lowest BCUT2D eigenvalue weighted by molar-refractivity contribution is -0.132. The minimum absolute atomic E-state index is 0.0524. The maximum atomic E-state index is 13.3. The van der Waals surface area contributed by atoms with Gasteiger partial charge in [0.2, 0.25) is 0 Å². The molecule has 1 aliphatic heterocycles. The number of benzene rings is 3. The van der Waals surface area contributed by atoms with Crippen LogP contribution in [0.2, 0.25) is 0 Å². The van der Waals surface area contributed by atoms with Gasteiger partial charge in [-0.15, -0.1) is 0 Å². The lowest BCUT2D eigenvalue weighted by Crippen LogP contribution is -2.29. The summed E-state index contributed by atoms with van der Waals surface area (Å²) in [5.74, 6) is -1.12. The Bertz CT molecular complexity index is 1350. The number of hydrogen-bond acceptors (Lipinski definition) is 6. The van der Waals surface area contributed by atoms with E-state index < -0.39 is 17.7 Å². The molecule has 1 saturated heterocycles. The van der Waals surface area contributed by atoms with E-state index in [-0.39, 0.29) is 16.9 Å². The highest BCUT2D eigenvalue weighted by Crippen LogP contribution is 2.43. The number of carbonyl (C=O) groups is 2. The molecule has 0 radical (unpaired) electrons. The van der Waals surface area contributed by atoms with Crippen molar-refractivity contribution in [3.8, 4) is 17.6 Å². The van der Waals surface area contributed by atoms with Crippen molar-refractivity contribution in [1.29, 1.82) is 5.26 Å². The largest absolute Gasteiger partial charge is 0.507 e. The standard InChI is InChI=1S/C27H22N2O5/c1-16-5-4-6-18(13-16)24-23(25(30)21-12-11-20(33-2)14-22(21)34-3)26(31)27(32)29(24)19-9-7-17(15-28)8-10-19/h4-14,24,30H,1-3H3/b25-23-. The zero-order valence-corrected chi connectivity index (χ0v) is 18.9. The van der Waals surface area contributed by atoms with Crippen molar-refractivity contribution in [2.24, 2.45) is 0 Å². The minimum Gasteiger partial charge on any atom is -0.507 e. The molecule has 1 aliphatic rings. The van der Waals surface area contributed by atoms with Gasteiger partial charge < -0.3 is 14.6 Å². The third-order valence-corrected chi connectivity index (χ3v) is 5.74. The first-order chi connectivity index (χ1) is 16.4. The Morgan fingerprint density at radius 1 is 1.00 bits per heavy atom. The molecule has 1 atom stereocenters. The van der Waals surface area contributed by atoms with Gasteiger partial charge in [0.1, 0.15) is 17.3 Å². The van der Waals surface area contributed by atoms with Crippen LogP contribution in [0.3, 0.4) is 0 Å². The van der Waals surface area contributed by atoms with Gasteiger partial charge in [-0.3, -0.25) is 14.5 Å². The molecule has 0 saturated carbocycles. The Balaban J connectivity index is 1.96. The number of hydrogen-bond donors (Lipinski definition) is 1. The van der Waals surface area contributed by atoms with Crippen LogP contribution in [-0.4, -0.2) is 31.0 Å². The molecule has 7 nitrogen and oxygen atoms in total. The normalized spacial score (nSPS) is 16.9. The van der Waals surface area contributed by atoms with Crippen molar-refractivity contribution in [3.63, 3.8) is 0 Å². The van der Waals surface area contributed by atoms with E-state index in [4.69, 9.17) is 14.7 Å². The van der Waals surface area contributed by atoms with Gasteiger partial charge in [0.25, 0.3) is 11.7 Å². The number of ketones is 1. The number of Topliss-reactive ketones (excluding diaryl/α,β-unsaturated/α-hetero) is 1. The van der Waals surface area contributed by atoms with E-state index in [1.54, 1.807) is 48.5 Å². The molecule has 1 amide bonds. The molecule has 0 bridgehead atoms. The molecule has 4 rings (SSSR count). The average molecular weight is 454 g/mol. The summed E-state index contributed by atoms with van der Waals surface area (Å²) in [7, 11) is 2.95. The SMILES string of the molecule is COc1ccc(/C(O)=C2/C(=O)C(=O)N(c3ccc(C#N)cc3)C2c2cccc(C)c2)c(OC)c1. The number of rotatable bonds is 5. The molecule has 7 heteroatoms. The number of nitriles is 1. The molecule has 1 N–H and O–H groups in total. The molecule has 1 heterocycles. The van der Waals surface area contributed by atoms with Crippen LogP contribution in [0.1, 0.15) is 28.3 Å². The number of ether oxygens (including phenoxy) is 2. The van der Waals surface area contributed by atoms with Crippen molar-refractivity contribution in [2.75, 3.05) is 19.1 Å². The smallest absolute Gasteiger partial charge is 0.300 e. The monoisotopic (exact) mass is 454 g/mol. The summed E-state index contributed by atoms with van der Waals surface area (Å²) in [6, 6.07) is 19.8. The van der Waals surface area contributed by atoms with E-state index in [0.29, 0.717) is 28.3 Å². The van der Waals surface area contributed by atoms with E-state index in [0.717, 1.165) is 5.56 Å². The molecule has 0 aliphatic carbocycles. The maximum absolute atomic E-state index is 13.3. The number of anilines is 1. The van der Waals surface area contributed by atoms with Crippen LogP contribution in [0.5, 0.6) is 11.5 Å². The summed E-state index contributed by atoms with van der Waals surface area (Å²) in [6.45, 7) is 1.91. The molecule has 3 aromatic rings. The second kappa shape index (κ2) is 9.12. The van der Waals surface area contributed by atoms with Crippen LogP contribution in [-0.2, 0) is 9.59 Å². The zero-order chi connectivity index (χ0) is 24.4. The first-order valence-corrected chi connectivity index (χ1v) is 10.5. The third-order valence-electron chi connectivity index (χ3n) is 5.74. The fourth-order valence-electron chi connectivity index (χ4n) is 4.09. The maximum Gasteiger partial charge on any atom is 0.300 e. The van der Waals surface area contributed by atoms with Gasteiger partial charge in [-0.05, 0) is 48.9 Å². The van der Waals surface area contributed by atoms with Crippen LogP contribution in [0, 0.1) is 18.3 Å². The van der Waals surface area contributed by atoms with Gasteiger partial charge in [-0.2, -0.15) is 5.26 Å². The molecular formula is C27H22N2O5. The number of aliphatic hydroxyl groups excluding tert-OH is 1. The fourth-order valence-corrected chi connectivity index (χ4v) is 4.09. The van der Waals surface area contributed by atoms with Gasteiger partial charge in [0.05, 0.1) is 43.0 Å². The molecule has 1 unspecified atom stereocenters. The minimum atomic E-state index is -0.875. The van der Waals surface area contributed by atoms with E-state index in [1.807, 2.05) is 31.2 Å². The number of carbonyl (C=O) groups excluding carboxylic acids is 2. The van der Waals surface area contributed by atoms with E-state index in [2.05, 4.69) is 0 Å². The van der Waals surface area contributed by atoms with E-state index in [9.17, 15) is 14.7 Å². The van der Waals surface area contributed by atoms with Crippen molar-refractivity contribution in [3.05, 3.63) is 94.6 Å². The Hall–Kier alpha value is -4.57. The highest BCUT2D eigenvalue weighted by atomic mass is 16.5. The number of nitrogens with zero attached hydrogens (tertiary/aromatic N) is 2. The van der Waals surface area contributed by atoms with Crippen LogP contribution in [0.15, 0.2) is 72.3 Å². The first-order valence-electron chi connectivity index (χ1n) is 10.5. The molecule has 3 aromatic carbocycles. The molecule has 0 spiro atoms. The Morgan fingerprint density at radius 3 is 2.35 bits per heavy atom.